The number of nitrogens with zero attached hydrogens (tertiary/aromatic N) is 3. The van der Waals surface area contributed by atoms with Crippen molar-refractivity contribution in [2.45, 2.75) is 31.8 Å². The molecule has 2 unspecified atom stereocenters. The maximum absolute atomic E-state index is 11.1. The molecule has 10 heteroatoms. The predicted octanol–water partition coefficient (Wildman–Crippen LogP) is 0.409. The summed E-state index contributed by atoms with van der Waals surface area (Å²) in [6, 6.07) is 0.986. The Bertz CT molecular complexity index is 633. The summed E-state index contributed by atoms with van der Waals surface area (Å²) in [5, 5.41) is 3.47. The largest absolute Gasteiger partial charge is 0.474 e. The van der Waals surface area contributed by atoms with Crippen LogP contribution in [0.1, 0.15) is 19.8 Å². The highest BCUT2D eigenvalue weighted by Crippen LogP contribution is 2.31. The number of carbonyl (C=O) groups is 1. The van der Waals surface area contributed by atoms with E-state index in [-0.39, 0.29) is 12.6 Å². The van der Waals surface area contributed by atoms with Crippen molar-refractivity contribution in [2.24, 2.45) is 0 Å². The van der Waals surface area contributed by atoms with Crippen LogP contribution in [0.15, 0.2) is 12.4 Å². The molecule has 0 aliphatic carbocycles. The van der Waals surface area contributed by atoms with E-state index in [0.29, 0.717) is 64.2 Å². The highest BCUT2D eigenvalue weighted by molar-refractivity contribution is 5.70. The fourth-order valence-corrected chi connectivity index (χ4v) is 3.69. The number of hydrogen-bond acceptors (Lipinski definition) is 10. The molecule has 0 amide bonds. The molecule has 2 fully saturated rings. The monoisotopic (exact) mass is 424 g/mol. The molecule has 2 aliphatic heterocycles. The number of esters is 1. The van der Waals surface area contributed by atoms with Gasteiger partial charge in [-0.15, -0.1) is 0 Å². The topological polar surface area (TPSA) is 104 Å². The Labute approximate surface area is 177 Å². The molecule has 1 aromatic rings. The van der Waals surface area contributed by atoms with E-state index in [0.717, 1.165) is 18.9 Å². The summed E-state index contributed by atoms with van der Waals surface area (Å²) in [7, 11) is 0. The van der Waals surface area contributed by atoms with Gasteiger partial charge in [0, 0.05) is 25.2 Å². The maximum atomic E-state index is 11.1. The first-order valence-electron chi connectivity index (χ1n) is 10.6. The van der Waals surface area contributed by atoms with Crippen LogP contribution < -0.4 is 15.0 Å². The van der Waals surface area contributed by atoms with Gasteiger partial charge >= 0.3 is 5.97 Å². The third-order valence-corrected chi connectivity index (χ3v) is 4.99. The number of carbonyl (C=O) groups excluding carboxylic acids is 1. The smallest absolute Gasteiger partial charge is 0.332 e. The zero-order chi connectivity index (χ0) is 21.0. The van der Waals surface area contributed by atoms with Gasteiger partial charge in [-0.2, -0.15) is 4.98 Å². The molecule has 0 spiro atoms. The second kappa shape index (κ2) is 12.6. The first-order valence-corrected chi connectivity index (χ1v) is 10.6. The van der Waals surface area contributed by atoms with Crippen LogP contribution >= 0.6 is 0 Å². The molecule has 0 aromatic carbocycles. The van der Waals surface area contributed by atoms with Crippen molar-refractivity contribution in [2.75, 3.05) is 70.8 Å². The van der Waals surface area contributed by atoms with Gasteiger partial charge in [-0.25, -0.2) is 4.79 Å². The summed E-state index contributed by atoms with van der Waals surface area (Å²) in [5.41, 5.74) is 0. The second-order valence-corrected chi connectivity index (χ2v) is 7.10. The summed E-state index contributed by atoms with van der Waals surface area (Å²) in [4.78, 5) is 22.4. The molecule has 168 valence electrons. The Morgan fingerprint density at radius 2 is 1.70 bits per heavy atom. The van der Waals surface area contributed by atoms with E-state index < -0.39 is 0 Å². The Hall–Kier alpha value is -2.01. The van der Waals surface area contributed by atoms with Gasteiger partial charge in [-0.1, -0.05) is 0 Å². The van der Waals surface area contributed by atoms with Crippen molar-refractivity contribution in [1.82, 2.24) is 15.3 Å². The van der Waals surface area contributed by atoms with Gasteiger partial charge < -0.3 is 33.9 Å². The van der Waals surface area contributed by atoms with E-state index in [1.807, 2.05) is 6.20 Å². The zero-order valence-electron chi connectivity index (χ0n) is 17.6. The van der Waals surface area contributed by atoms with Gasteiger partial charge in [-0.3, -0.25) is 4.98 Å². The molecule has 10 nitrogen and oxygen atoms in total. The lowest BCUT2D eigenvalue weighted by Gasteiger charge is -2.36. The van der Waals surface area contributed by atoms with Crippen molar-refractivity contribution in [3.05, 3.63) is 12.4 Å². The van der Waals surface area contributed by atoms with Crippen molar-refractivity contribution < 1.29 is 28.5 Å². The fourth-order valence-electron chi connectivity index (χ4n) is 3.69. The lowest BCUT2D eigenvalue weighted by molar-refractivity contribution is -0.149. The number of ether oxygens (including phenoxy) is 5. The van der Waals surface area contributed by atoms with E-state index in [9.17, 15) is 4.79 Å². The van der Waals surface area contributed by atoms with Crippen molar-refractivity contribution in [3.63, 3.8) is 0 Å². The molecule has 3 rings (SSSR count). The van der Waals surface area contributed by atoms with Crippen LogP contribution in [0.5, 0.6) is 5.88 Å². The summed E-state index contributed by atoms with van der Waals surface area (Å²) in [6.07, 6.45) is 5.83. The summed E-state index contributed by atoms with van der Waals surface area (Å²) >= 11 is 0. The van der Waals surface area contributed by atoms with Crippen LogP contribution in [0.2, 0.25) is 0 Å². The van der Waals surface area contributed by atoms with Gasteiger partial charge in [0.1, 0.15) is 13.2 Å². The molecule has 2 saturated heterocycles. The average Bonchev–Trinajstić information content (AvgIpc) is 3.01. The lowest BCUT2D eigenvalue weighted by atomic mass is 10.2. The Morgan fingerprint density at radius 1 is 1.03 bits per heavy atom. The van der Waals surface area contributed by atoms with Crippen LogP contribution in [0, 0.1) is 0 Å². The number of rotatable bonds is 14. The summed E-state index contributed by atoms with van der Waals surface area (Å²) in [6.45, 7) is 6.53. The normalized spacial score (nSPS) is 20.4. The molecule has 0 saturated carbocycles. The Morgan fingerprint density at radius 3 is 2.40 bits per heavy atom. The van der Waals surface area contributed by atoms with Crippen molar-refractivity contribution in [3.8, 4) is 5.88 Å². The number of piperazine rings is 1. The minimum atomic E-state index is -0.364. The van der Waals surface area contributed by atoms with Crippen LogP contribution in [0.4, 0.5) is 5.82 Å². The number of hydrogen-bond donors (Lipinski definition) is 1. The predicted molar refractivity (Wildman–Crippen MR) is 109 cm³/mol. The quantitative estimate of drug-likeness (QED) is 0.333. The minimum absolute atomic E-state index is 0.0505. The van der Waals surface area contributed by atoms with Crippen molar-refractivity contribution in [1.29, 1.82) is 0 Å². The highest BCUT2D eigenvalue weighted by Gasteiger charge is 2.37. The van der Waals surface area contributed by atoms with Crippen LogP contribution in [0.3, 0.4) is 0 Å². The minimum Gasteiger partial charge on any atom is -0.474 e. The van der Waals surface area contributed by atoms with Crippen LogP contribution in [-0.4, -0.2) is 94.0 Å². The van der Waals surface area contributed by atoms with Crippen LogP contribution in [0.25, 0.3) is 0 Å². The van der Waals surface area contributed by atoms with Gasteiger partial charge in [0.05, 0.1) is 52.0 Å². The first-order chi connectivity index (χ1) is 14.8. The average molecular weight is 424 g/mol. The first kappa shape index (κ1) is 22.7. The van der Waals surface area contributed by atoms with Gasteiger partial charge in [-0.05, 0) is 19.8 Å². The van der Waals surface area contributed by atoms with E-state index in [2.05, 4.69) is 20.2 Å². The fraction of sp³-hybridized carbons (Fsp3) is 0.750. The Kier molecular flexibility index (Phi) is 9.55. The standard InChI is InChI=1S/C20H32N4O6/c1-2-29-20(25)15-28-8-7-26-5-6-27-9-10-30-19-14-22-13-18(23-19)24-16-3-4-17(24)12-21-11-16/h13-14,16-17,21H,2-12,15H2,1H3. The van der Waals surface area contributed by atoms with E-state index in [1.165, 1.54) is 12.8 Å². The number of anilines is 1. The third kappa shape index (κ3) is 7.05. The molecular weight excluding hydrogens is 392 g/mol. The third-order valence-electron chi connectivity index (χ3n) is 4.99. The van der Waals surface area contributed by atoms with E-state index in [1.54, 1.807) is 13.1 Å². The Balaban J connectivity index is 1.22. The second-order valence-electron chi connectivity index (χ2n) is 7.10. The van der Waals surface area contributed by atoms with Crippen molar-refractivity contribution >= 4 is 11.8 Å². The maximum Gasteiger partial charge on any atom is 0.332 e. The molecule has 3 heterocycles. The van der Waals surface area contributed by atoms with Gasteiger partial charge in [0.2, 0.25) is 5.88 Å². The summed E-state index contributed by atoms with van der Waals surface area (Å²) < 4.78 is 26.4. The molecule has 0 radical (unpaired) electrons. The van der Waals surface area contributed by atoms with Gasteiger partial charge in [0.15, 0.2) is 5.82 Å². The van der Waals surface area contributed by atoms with E-state index in [4.69, 9.17) is 23.7 Å². The zero-order valence-corrected chi connectivity index (χ0v) is 17.6. The SMILES string of the molecule is CCOC(=O)COCCOCCOCCOc1cncc(N2C3CCC2CNC3)n1. The van der Waals surface area contributed by atoms with Crippen LogP contribution in [-0.2, 0) is 23.7 Å². The van der Waals surface area contributed by atoms with Gasteiger partial charge in [0.25, 0.3) is 0 Å². The molecule has 2 bridgehead atoms. The molecule has 30 heavy (non-hydrogen) atoms. The molecule has 1 N–H and O–H groups in total. The summed E-state index contributed by atoms with van der Waals surface area (Å²) in [5.74, 6) is 1.04. The molecule has 2 atom stereocenters. The van der Waals surface area contributed by atoms with E-state index >= 15 is 0 Å². The number of fused-ring (bicyclic) bond motifs is 2. The molecule has 2 aliphatic rings. The highest BCUT2D eigenvalue weighted by atomic mass is 16.6. The number of aromatic nitrogens is 2. The number of nitrogens with one attached hydrogen (secondary N) is 1. The lowest BCUT2D eigenvalue weighted by Crippen LogP contribution is -2.52. The molecular formula is C20H32N4O6. The molecule has 1 aromatic heterocycles.